The molecule has 1 fully saturated rings. The molecule has 0 bridgehead atoms. The SMILES string of the molecule is CCN(CCC(N)C1CC1)Cc1ccccc1. The van der Waals surface area contributed by atoms with Crippen LogP contribution in [0.2, 0.25) is 0 Å². The van der Waals surface area contributed by atoms with Crippen molar-refractivity contribution in [1.82, 2.24) is 4.90 Å². The Balaban J connectivity index is 1.76. The zero-order valence-electron chi connectivity index (χ0n) is 10.8. The predicted octanol–water partition coefficient (Wildman–Crippen LogP) is 2.64. The smallest absolute Gasteiger partial charge is 0.0233 e. The standard InChI is InChI=1S/C15H24N2/c1-2-17(11-10-15(16)14-8-9-14)12-13-6-4-3-5-7-13/h3-7,14-15H,2,8-12,16H2,1H3. The number of nitrogens with two attached hydrogens (primary N) is 1. The molecule has 2 N–H and O–H groups in total. The summed E-state index contributed by atoms with van der Waals surface area (Å²) >= 11 is 0. The quantitative estimate of drug-likeness (QED) is 0.783. The second-order valence-corrected chi connectivity index (χ2v) is 5.14. The van der Waals surface area contributed by atoms with Crippen molar-refractivity contribution in [3.8, 4) is 0 Å². The summed E-state index contributed by atoms with van der Waals surface area (Å²) in [7, 11) is 0. The van der Waals surface area contributed by atoms with Gasteiger partial charge in [0.2, 0.25) is 0 Å². The summed E-state index contributed by atoms with van der Waals surface area (Å²) in [5.41, 5.74) is 7.55. The van der Waals surface area contributed by atoms with Crippen molar-refractivity contribution in [2.24, 2.45) is 11.7 Å². The normalized spacial score (nSPS) is 17.4. The highest BCUT2D eigenvalue weighted by Gasteiger charge is 2.28. The highest BCUT2D eigenvalue weighted by Crippen LogP contribution is 2.32. The number of hydrogen-bond acceptors (Lipinski definition) is 2. The topological polar surface area (TPSA) is 29.3 Å². The van der Waals surface area contributed by atoms with Gasteiger partial charge in [0, 0.05) is 12.6 Å². The van der Waals surface area contributed by atoms with E-state index < -0.39 is 0 Å². The minimum atomic E-state index is 0.430. The molecule has 1 saturated carbocycles. The van der Waals surface area contributed by atoms with Crippen LogP contribution in [0.1, 0.15) is 31.7 Å². The van der Waals surface area contributed by atoms with Crippen LogP contribution in [0.25, 0.3) is 0 Å². The van der Waals surface area contributed by atoms with Crippen LogP contribution in [-0.4, -0.2) is 24.0 Å². The van der Waals surface area contributed by atoms with Crippen molar-refractivity contribution in [2.45, 2.75) is 38.8 Å². The van der Waals surface area contributed by atoms with Crippen molar-refractivity contribution in [2.75, 3.05) is 13.1 Å². The van der Waals surface area contributed by atoms with Gasteiger partial charge in [0.15, 0.2) is 0 Å². The molecule has 1 aliphatic rings. The average Bonchev–Trinajstić information content (AvgIpc) is 3.19. The van der Waals surface area contributed by atoms with Crippen molar-refractivity contribution < 1.29 is 0 Å². The van der Waals surface area contributed by atoms with E-state index in [2.05, 4.69) is 42.2 Å². The van der Waals surface area contributed by atoms with E-state index in [4.69, 9.17) is 5.73 Å². The fraction of sp³-hybridized carbons (Fsp3) is 0.600. The highest BCUT2D eigenvalue weighted by atomic mass is 15.1. The molecule has 0 radical (unpaired) electrons. The number of hydrogen-bond donors (Lipinski definition) is 1. The Morgan fingerprint density at radius 1 is 1.29 bits per heavy atom. The summed E-state index contributed by atoms with van der Waals surface area (Å²) in [6.45, 7) is 5.51. The minimum absolute atomic E-state index is 0.430. The Morgan fingerprint density at radius 3 is 2.59 bits per heavy atom. The Labute approximate surface area is 105 Å². The summed E-state index contributed by atoms with van der Waals surface area (Å²) in [5, 5.41) is 0. The van der Waals surface area contributed by atoms with Gasteiger partial charge in [0.1, 0.15) is 0 Å². The summed E-state index contributed by atoms with van der Waals surface area (Å²) < 4.78 is 0. The molecule has 2 nitrogen and oxygen atoms in total. The van der Waals surface area contributed by atoms with Gasteiger partial charge in [0.05, 0.1) is 0 Å². The first-order valence-corrected chi connectivity index (χ1v) is 6.81. The molecule has 1 atom stereocenters. The fourth-order valence-corrected chi connectivity index (χ4v) is 2.28. The Kier molecular flexibility index (Phi) is 4.57. The van der Waals surface area contributed by atoms with Crippen LogP contribution in [0, 0.1) is 5.92 Å². The van der Waals surface area contributed by atoms with Gasteiger partial charge in [-0.2, -0.15) is 0 Å². The van der Waals surface area contributed by atoms with Crippen LogP contribution < -0.4 is 5.73 Å². The van der Waals surface area contributed by atoms with Gasteiger partial charge in [-0.15, -0.1) is 0 Å². The van der Waals surface area contributed by atoms with Gasteiger partial charge in [-0.1, -0.05) is 37.3 Å². The van der Waals surface area contributed by atoms with E-state index in [1.165, 1.54) is 18.4 Å². The van der Waals surface area contributed by atoms with E-state index in [9.17, 15) is 0 Å². The molecule has 0 heterocycles. The van der Waals surface area contributed by atoms with E-state index in [0.717, 1.165) is 32.0 Å². The Hall–Kier alpha value is -0.860. The third kappa shape index (κ3) is 4.14. The Morgan fingerprint density at radius 2 is 2.00 bits per heavy atom. The number of rotatable bonds is 7. The van der Waals surface area contributed by atoms with E-state index >= 15 is 0 Å². The second kappa shape index (κ2) is 6.18. The second-order valence-electron chi connectivity index (χ2n) is 5.14. The number of benzene rings is 1. The first-order chi connectivity index (χ1) is 8.29. The molecular weight excluding hydrogens is 208 g/mol. The molecule has 0 spiro atoms. The lowest BCUT2D eigenvalue weighted by Gasteiger charge is -2.22. The molecule has 1 aliphatic carbocycles. The molecule has 2 heteroatoms. The zero-order chi connectivity index (χ0) is 12.1. The van der Waals surface area contributed by atoms with Crippen molar-refractivity contribution in [3.05, 3.63) is 35.9 Å². The van der Waals surface area contributed by atoms with Gasteiger partial charge in [-0.25, -0.2) is 0 Å². The summed E-state index contributed by atoms with van der Waals surface area (Å²) in [6.07, 6.45) is 3.85. The fourth-order valence-electron chi connectivity index (χ4n) is 2.28. The maximum atomic E-state index is 6.15. The first kappa shape index (κ1) is 12.6. The third-order valence-electron chi connectivity index (χ3n) is 3.70. The molecule has 17 heavy (non-hydrogen) atoms. The summed E-state index contributed by atoms with van der Waals surface area (Å²) in [6, 6.07) is 11.1. The molecule has 0 amide bonds. The van der Waals surface area contributed by atoms with Gasteiger partial charge in [-0.05, 0) is 43.8 Å². The maximum Gasteiger partial charge on any atom is 0.0233 e. The molecular formula is C15H24N2. The van der Waals surface area contributed by atoms with E-state index in [0.29, 0.717) is 6.04 Å². The van der Waals surface area contributed by atoms with Crippen molar-refractivity contribution >= 4 is 0 Å². The van der Waals surface area contributed by atoms with Crippen LogP contribution in [-0.2, 0) is 6.54 Å². The predicted molar refractivity (Wildman–Crippen MR) is 72.7 cm³/mol. The molecule has 0 saturated heterocycles. The molecule has 2 rings (SSSR count). The lowest BCUT2D eigenvalue weighted by atomic mass is 10.1. The summed E-state index contributed by atoms with van der Waals surface area (Å²) in [4.78, 5) is 2.48. The largest absolute Gasteiger partial charge is 0.327 e. The van der Waals surface area contributed by atoms with Crippen LogP contribution in [0.4, 0.5) is 0 Å². The third-order valence-corrected chi connectivity index (χ3v) is 3.70. The van der Waals surface area contributed by atoms with E-state index in [1.807, 2.05) is 0 Å². The van der Waals surface area contributed by atoms with Crippen molar-refractivity contribution in [1.29, 1.82) is 0 Å². The summed E-state index contributed by atoms with van der Waals surface area (Å²) in [5.74, 6) is 0.824. The van der Waals surface area contributed by atoms with E-state index in [-0.39, 0.29) is 0 Å². The van der Waals surface area contributed by atoms with Crippen LogP contribution >= 0.6 is 0 Å². The highest BCUT2D eigenvalue weighted by molar-refractivity contribution is 5.14. The van der Waals surface area contributed by atoms with Gasteiger partial charge >= 0.3 is 0 Å². The van der Waals surface area contributed by atoms with Crippen LogP contribution in [0.5, 0.6) is 0 Å². The average molecular weight is 232 g/mol. The molecule has 1 aromatic rings. The molecule has 94 valence electrons. The molecule has 1 aromatic carbocycles. The monoisotopic (exact) mass is 232 g/mol. The lowest BCUT2D eigenvalue weighted by Crippen LogP contribution is -2.31. The Bertz CT molecular complexity index is 319. The first-order valence-electron chi connectivity index (χ1n) is 6.81. The van der Waals surface area contributed by atoms with Crippen LogP contribution in [0.15, 0.2) is 30.3 Å². The van der Waals surface area contributed by atoms with E-state index in [1.54, 1.807) is 0 Å². The molecule has 1 unspecified atom stereocenters. The zero-order valence-corrected chi connectivity index (χ0v) is 10.8. The van der Waals surface area contributed by atoms with Crippen LogP contribution in [0.3, 0.4) is 0 Å². The minimum Gasteiger partial charge on any atom is -0.327 e. The van der Waals surface area contributed by atoms with Gasteiger partial charge in [0.25, 0.3) is 0 Å². The molecule has 0 aromatic heterocycles. The van der Waals surface area contributed by atoms with Crippen molar-refractivity contribution in [3.63, 3.8) is 0 Å². The maximum absolute atomic E-state index is 6.15. The lowest BCUT2D eigenvalue weighted by molar-refractivity contribution is 0.264. The van der Waals surface area contributed by atoms with Gasteiger partial charge < -0.3 is 5.73 Å². The number of nitrogens with zero attached hydrogens (tertiary/aromatic N) is 1. The molecule has 0 aliphatic heterocycles. The van der Waals surface area contributed by atoms with Gasteiger partial charge in [-0.3, -0.25) is 4.90 Å².